The van der Waals surface area contributed by atoms with E-state index in [2.05, 4.69) is 28.3 Å². The molecule has 4 heteroatoms. The first-order chi connectivity index (χ1) is 10.2. The van der Waals surface area contributed by atoms with Gasteiger partial charge in [0.25, 0.3) is 0 Å². The molecule has 2 aliphatic rings. The summed E-state index contributed by atoms with van der Waals surface area (Å²) in [6, 6.07) is 10.0. The van der Waals surface area contributed by atoms with Crippen LogP contribution in [-0.4, -0.2) is 35.1 Å². The Bertz CT molecular complexity index is 658. The van der Waals surface area contributed by atoms with Crippen LogP contribution in [0, 0.1) is 0 Å². The molecule has 0 amide bonds. The molecule has 0 saturated carbocycles. The van der Waals surface area contributed by atoms with E-state index in [0.29, 0.717) is 6.04 Å². The van der Waals surface area contributed by atoms with Gasteiger partial charge in [0, 0.05) is 29.7 Å². The highest BCUT2D eigenvalue weighted by Crippen LogP contribution is 2.36. The Hall–Kier alpha value is -1.32. The van der Waals surface area contributed by atoms with Crippen LogP contribution in [0.3, 0.4) is 0 Å². The lowest BCUT2D eigenvalue weighted by Crippen LogP contribution is -2.44. The summed E-state index contributed by atoms with van der Waals surface area (Å²) in [4.78, 5) is 7.08. The van der Waals surface area contributed by atoms with Gasteiger partial charge >= 0.3 is 0 Å². The van der Waals surface area contributed by atoms with Crippen molar-refractivity contribution in [1.29, 1.82) is 0 Å². The number of nitrogens with one attached hydrogen (secondary N) is 1. The summed E-state index contributed by atoms with van der Waals surface area (Å²) < 4.78 is 0. The third-order valence-electron chi connectivity index (χ3n) is 5.17. The zero-order valence-electron chi connectivity index (χ0n) is 12.2. The minimum atomic E-state index is 0.546. The average molecular weight is 302 g/mol. The summed E-state index contributed by atoms with van der Waals surface area (Å²) in [6.07, 6.45) is 6.98. The van der Waals surface area contributed by atoms with Gasteiger partial charge in [-0.3, -0.25) is 4.98 Å². The van der Waals surface area contributed by atoms with Gasteiger partial charge in [0.1, 0.15) is 0 Å². The van der Waals surface area contributed by atoms with Crippen LogP contribution >= 0.6 is 11.6 Å². The molecule has 2 unspecified atom stereocenters. The molecule has 21 heavy (non-hydrogen) atoms. The molecule has 2 aromatic rings. The highest BCUT2D eigenvalue weighted by atomic mass is 35.5. The Morgan fingerprint density at radius 3 is 2.71 bits per heavy atom. The van der Waals surface area contributed by atoms with E-state index in [-0.39, 0.29) is 0 Å². The van der Waals surface area contributed by atoms with E-state index >= 15 is 0 Å². The van der Waals surface area contributed by atoms with Gasteiger partial charge in [-0.25, -0.2) is 0 Å². The first kappa shape index (κ1) is 13.4. The molecule has 0 radical (unpaired) electrons. The van der Waals surface area contributed by atoms with Crippen LogP contribution in [-0.2, 0) is 0 Å². The molecule has 3 nitrogen and oxygen atoms in total. The van der Waals surface area contributed by atoms with E-state index in [1.807, 2.05) is 24.4 Å². The fraction of sp³-hybridized carbons (Fsp3) is 0.471. The Labute approximate surface area is 130 Å². The first-order valence-electron chi connectivity index (χ1n) is 7.74. The third kappa shape index (κ3) is 2.29. The Balaban J connectivity index is 1.62. The Morgan fingerprint density at radius 1 is 1.19 bits per heavy atom. The number of piperidine rings is 1. The predicted molar refractivity (Wildman–Crippen MR) is 88.0 cm³/mol. The van der Waals surface area contributed by atoms with Crippen LogP contribution in [0.5, 0.6) is 0 Å². The number of benzene rings is 1. The Morgan fingerprint density at radius 2 is 1.95 bits per heavy atom. The molecular weight excluding hydrogens is 282 g/mol. The van der Waals surface area contributed by atoms with Gasteiger partial charge in [0.2, 0.25) is 0 Å². The van der Waals surface area contributed by atoms with Crippen LogP contribution in [0.1, 0.15) is 25.7 Å². The number of aromatic nitrogens is 1. The van der Waals surface area contributed by atoms with Crippen LogP contribution in [0.4, 0.5) is 5.69 Å². The number of hydrogen-bond acceptors (Lipinski definition) is 3. The van der Waals surface area contributed by atoms with Gasteiger partial charge in [0.05, 0.1) is 16.2 Å². The van der Waals surface area contributed by atoms with E-state index in [0.717, 1.165) is 33.7 Å². The maximum Gasteiger partial charge on any atom is 0.0948 e. The summed E-state index contributed by atoms with van der Waals surface area (Å²) in [5.74, 6) is 0. The van der Waals surface area contributed by atoms with Crippen molar-refractivity contribution < 1.29 is 0 Å². The number of rotatable bonds is 2. The highest BCUT2D eigenvalue weighted by Gasteiger charge is 2.38. The topological polar surface area (TPSA) is 28.2 Å². The van der Waals surface area contributed by atoms with Gasteiger partial charge in [-0.15, -0.1) is 0 Å². The smallest absolute Gasteiger partial charge is 0.0948 e. The van der Waals surface area contributed by atoms with Gasteiger partial charge in [0.15, 0.2) is 0 Å². The SMILES string of the molecule is CN1C2CCC1CC(Nc1ccc(Cl)c3cccnc13)C2. The number of pyridine rings is 1. The van der Waals surface area contributed by atoms with E-state index in [4.69, 9.17) is 11.6 Å². The maximum atomic E-state index is 6.27. The zero-order chi connectivity index (χ0) is 14.4. The van der Waals surface area contributed by atoms with E-state index in [1.54, 1.807) is 0 Å². The fourth-order valence-electron chi connectivity index (χ4n) is 4.00. The van der Waals surface area contributed by atoms with Crippen molar-refractivity contribution in [3.05, 3.63) is 35.5 Å². The number of fused-ring (bicyclic) bond motifs is 3. The van der Waals surface area contributed by atoms with Crippen molar-refractivity contribution in [3.8, 4) is 0 Å². The van der Waals surface area contributed by atoms with Gasteiger partial charge in [-0.2, -0.15) is 0 Å². The van der Waals surface area contributed by atoms with Crippen molar-refractivity contribution in [1.82, 2.24) is 9.88 Å². The van der Waals surface area contributed by atoms with Crippen LogP contribution in [0.2, 0.25) is 5.02 Å². The van der Waals surface area contributed by atoms with Crippen molar-refractivity contribution >= 4 is 28.2 Å². The largest absolute Gasteiger partial charge is 0.380 e. The molecule has 3 heterocycles. The molecule has 110 valence electrons. The molecule has 0 spiro atoms. The lowest BCUT2D eigenvalue weighted by atomic mass is 9.97. The zero-order valence-corrected chi connectivity index (χ0v) is 13.0. The van der Waals surface area contributed by atoms with E-state index in [1.165, 1.54) is 25.7 Å². The quantitative estimate of drug-likeness (QED) is 0.911. The van der Waals surface area contributed by atoms with Crippen molar-refractivity contribution in [2.75, 3.05) is 12.4 Å². The molecule has 2 aliphatic heterocycles. The lowest BCUT2D eigenvalue weighted by Gasteiger charge is -2.37. The van der Waals surface area contributed by atoms with E-state index < -0.39 is 0 Å². The second kappa shape index (κ2) is 5.15. The summed E-state index contributed by atoms with van der Waals surface area (Å²) in [7, 11) is 2.28. The van der Waals surface area contributed by atoms with Crippen molar-refractivity contribution in [2.45, 2.75) is 43.8 Å². The molecule has 1 aromatic carbocycles. The first-order valence-corrected chi connectivity index (χ1v) is 8.12. The van der Waals surface area contributed by atoms with E-state index in [9.17, 15) is 0 Å². The normalized spacial score (nSPS) is 29.0. The fourth-order valence-corrected chi connectivity index (χ4v) is 4.22. The number of hydrogen-bond donors (Lipinski definition) is 1. The van der Waals surface area contributed by atoms with Gasteiger partial charge in [-0.1, -0.05) is 11.6 Å². The number of anilines is 1. The second-order valence-corrected chi connectivity index (χ2v) is 6.76. The molecule has 0 aliphatic carbocycles. The lowest BCUT2D eigenvalue weighted by molar-refractivity contribution is 0.169. The standard InChI is InChI=1S/C17H20ClN3/c1-21-12-4-5-13(21)10-11(9-12)20-16-7-6-15(18)14-3-2-8-19-17(14)16/h2-3,6-8,11-13,20H,4-5,9-10H2,1H3. The average Bonchev–Trinajstić information content (AvgIpc) is 2.73. The predicted octanol–water partition coefficient (Wildman–Crippen LogP) is 3.93. The molecule has 1 N–H and O–H groups in total. The summed E-state index contributed by atoms with van der Waals surface area (Å²) >= 11 is 6.27. The molecular formula is C17H20ClN3. The molecule has 2 atom stereocenters. The summed E-state index contributed by atoms with van der Waals surface area (Å²) in [5.41, 5.74) is 2.10. The summed E-state index contributed by atoms with van der Waals surface area (Å²) in [5, 5.41) is 5.52. The Kier molecular flexibility index (Phi) is 3.27. The van der Waals surface area contributed by atoms with Gasteiger partial charge in [-0.05, 0) is 57.0 Å². The van der Waals surface area contributed by atoms with Crippen LogP contribution in [0.15, 0.2) is 30.5 Å². The third-order valence-corrected chi connectivity index (χ3v) is 5.50. The molecule has 2 bridgehead atoms. The van der Waals surface area contributed by atoms with Crippen LogP contribution < -0.4 is 5.32 Å². The highest BCUT2D eigenvalue weighted by molar-refractivity contribution is 6.35. The van der Waals surface area contributed by atoms with Crippen molar-refractivity contribution in [2.24, 2.45) is 0 Å². The molecule has 2 saturated heterocycles. The minimum absolute atomic E-state index is 0.546. The second-order valence-electron chi connectivity index (χ2n) is 6.36. The maximum absolute atomic E-state index is 6.27. The van der Waals surface area contributed by atoms with Gasteiger partial charge < -0.3 is 10.2 Å². The monoisotopic (exact) mass is 301 g/mol. The van der Waals surface area contributed by atoms with Crippen molar-refractivity contribution in [3.63, 3.8) is 0 Å². The minimum Gasteiger partial charge on any atom is -0.380 e. The number of nitrogens with zero attached hydrogens (tertiary/aromatic N) is 2. The molecule has 2 fully saturated rings. The molecule has 1 aromatic heterocycles. The number of halogens is 1. The molecule has 4 rings (SSSR count). The summed E-state index contributed by atoms with van der Waals surface area (Å²) in [6.45, 7) is 0. The van der Waals surface area contributed by atoms with Crippen LogP contribution in [0.25, 0.3) is 10.9 Å².